The molecule has 0 amide bonds. The molecule has 0 aromatic heterocycles. The van der Waals surface area contributed by atoms with Gasteiger partial charge in [-0.1, -0.05) is 19.9 Å². The van der Waals surface area contributed by atoms with Gasteiger partial charge in [0.25, 0.3) is 0 Å². The van der Waals surface area contributed by atoms with Crippen LogP contribution < -0.4 is 10.1 Å². The van der Waals surface area contributed by atoms with E-state index in [2.05, 4.69) is 24.1 Å². The van der Waals surface area contributed by atoms with E-state index in [4.69, 9.17) is 4.74 Å². The van der Waals surface area contributed by atoms with Gasteiger partial charge in [-0.25, -0.2) is 0 Å². The first kappa shape index (κ1) is 24.0. The zero-order chi connectivity index (χ0) is 16.8. The number of nitrogens with zero attached hydrogens (tertiary/aromatic N) is 1. The lowest BCUT2D eigenvalue weighted by Crippen LogP contribution is -2.45. The second kappa shape index (κ2) is 11.6. The number of hydrogen-bond donors (Lipinski definition) is 2. The molecule has 144 valence electrons. The van der Waals surface area contributed by atoms with E-state index in [1.54, 1.807) is 12.1 Å². The van der Waals surface area contributed by atoms with Crippen LogP contribution in [0.4, 0.5) is 0 Å². The van der Waals surface area contributed by atoms with Crippen LogP contribution in [0.2, 0.25) is 0 Å². The molecule has 1 aromatic carbocycles. The van der Waals surface area contributed by atoms with E-state index in [1.807, 2.05) is 6.07 Å². The molecule has 0 radical (unpaired) electrons. The molecule has 1 aliphatic rings. The van der Waals surface area contributed by atoms with Crippen molar-refractivity contribution in [3.05, 3.63) is 23.8 Å². The summed E-state index contributed by atoms with van der Waals surface area (Å²) in [5.41, 5.74) is 1.08. The SMILES string of the molecule is CC(=O)Oc1ccc([C@H](CCC(C)C)N2CCNCC2)cc1O.Cl.Cl. The Morgan fingerprint density at radius 2 is 1.88 bits per heavy atom. The molecule has 2 N–H and O–H groups in total. The number of nitrogens with one attached hydrogen (secondary N) is 1. The fourth-order valence-electron chi connectivity index (χ4n) is 3.03. The number of phenols is 1. The van der Waals surface area contributed by atoms with Crippen molar-refractivity contribution in [2.75, 3.05) is 26.2 Å². The summed E-state index contributed by atoms with van der Waals surface area (Å²) in [7, 11) is 0. The maximum atomic E-state index is 11.1. The van der Waals surface area contributed by atoms with Crippen molar-refractivity contribution >= 4 is 30.8 Å². The summed E-state index contributed by atoms with van der Waals surface area (Å²) >= 11 is 0. The summed E-state index contributed by atoms with van der Waals surface area (Å²) in [6.07, 6.45) is 2.20. The number of halogens is 2. The minimum absolute atomic E-state index is 0. The molecule has 1 saturated heterocycles. The van der Waals surface area contributed by atoms with Gasteiger partial charge in [-0.05, 0) is 36.5 Å². The number of ether oxygens (including phenoxy) is 1. The highest BCUT2D eigenvalue weighted by atomic mass is 35.5. The molecule has 1 atom stereocenters. The standard InChI is InChI=1S/C18H28N2O3.2ClH/c1-13(2)4-6-16(20-10-8-19-9-11-20)15-5-7-18(17(22)12-15)23-14(3)21;;/h5,7,12-13,16,19,22H,4,6,8-11H2,1-3H3;2*1H/t16-;;/m0../s1. The Balaban J connectivity index is 0.00000288. The highest BCUT2D eigenvalue weighted by Crippen LogP contribution is 2.34. The lowest BCUT2D eigenvalue weighted by molar-refractivity contribution is -0.132. The molecular weight excluding hydrogens is 363 g/mol. The number of hydrogen-bond acceptors (Lipinski definition) is 5. The van der Waals surface area contributed by atoms with Crippen molar-refractivity contribution in [1.82, 2.24) is 10.2 Å². The van der Waals surface area contributed by atoms with E-state index in [0.29, 0.717) is 5.92 Å². The van der Waals surface area contributed by atoms with Crippen LogP contribution in [0, 0.1) is 5.92 Å². The number of benzene rings is 1. The van der Waals surface area contributed by atoms with Crippen LogP contribution in [-0.4, -0.2) is 42.2 Å². The van der Waals surface area contributed by atoms with Crippen LogP contribution in [0.1, 0.15) is 45.2 Å². The first-order chi connectivity index (χ1) is 11.0. The number of piperazine rings is 1. The average molecular weight is 393 g/mol. The summed E-state index contributed by atoms with van der Waals surface area (Å²) < 4.78 is 5.01. The predicted octanol–water partition coefficient (Wildman–Crippen LogP) is 3.54. The van der Waals surface area contributed by atoms with Gasteiger partial charge in [0.1, 0.15) is 0 Å². The maximum Gasteiger partial charge on any atom is 0.308 e. The van der Waals surface area contributed by atoms with Crippen LogP contribution in [0.5, 0.6) is 11.5 Å². The summed E-state index contributed by atoms with van der Waals surface area (Å²) in [5.74, 6) is 0.479. The zero-order valence-electron chi connectivity index (χ0n) is 15.2. The minimum atomic E-state index is -0.425. The first-order valence-corrected chi connectivity index (χ1v) is 8.43. The molecule has 1 fully saturated rings. The molecule has 1 heterocycles. The van der Waals surface area contributed by atoms with E-state index < -0.39 is 5.97 Å². The predicted molar refractivity (Wildman–Crippen MR) is 105 cm³/mol. The van der Waals surface area contributed by atoms with Crippen molar-refractivity contribution in [2.45, 2.75) is 39.7 Å². The van der Waals surface area contributed by atoms with Crippen LogP contribution in [0.15, 0.2) is 18.2 Å². The van der Waals surface area contributed by atoms with Crippen molar-refractivity contribution < 1.29 is 14.6 Å². The summed E-state index contributed by atoms with van der Waals surface area (Å²) in [5, 5.41) is 13.5. The van der Waals surface area contributed by atoms with Crippen molar-refractivity contribution in [1.29, 1.82) is 0 Å². The van der Waals surface area contributed by atoms with Crippen molar-refractivity contribution in [2.24, 2.45) is 5.92 Å². The van der Waals surface area contributed by atoms with E-state index in [0.717, 1.165) is 44.6 Å². The molecular formula is C18H30Cl2N2O3. The van der Waals surface area contributed by atoms with Gasteiger partial charge in [0, 0.05) is 39.1 Å². The van der Waals surface area contributed by atoms with Gasteiger partial charge >= 0.3 is 5.97 Å². The largest absolute Gasteiger partial charge is 0.504 e. The Labute approximate surface area is 162 Å². The van der Waals surface area contributed by atoms with Gasteiger partial charge in [-0.2, -0.15) is 0 Å². The molecule has 0 saturated carbocycles. The molecule has 0 unspecified atom stereocenters. The normalized spacial score (nSPS) is 15.8. The summed E-state index contributed by atoms with van der Waals surface area (Å²) in [6.45, 7) is 9.81. The lowest BCUT2D eigenvalue weighted by Gasteiger charge is -2.35. The summed E-state index contributed by atoms with van der Waals surface area (Å²) in [4.78, 5) is 13.5. The molecule has 7 heteroatoms. The lowest BCUT2D eigenvalue weighted by atomic mass is 9.95. The molecule has 5 nitrogen and oxygen atoms in total. The number of esters is 1. The average Bonchev–Trinajstić information content (AvgIpc) is 2.50. The fourth-order valence-corrected chi connectivity index (χ4v) is 3.03. The molecule has 1 aliphatic heterocycles. The van der Waals surface area contributed by atoms with E-state index in [1.165, 1.54) is 6.92 Å². The van der Waals surface area contributed by atoms with Gasteiger partial charge in [-0.15, -0.1) is 24.8 Å². The third-order valence-electron chi connectivity index (χ3n) is 4.23. The van der Waals surface area contributed by atoms with E-state index in [9.17, 15) is 9.90 Å². The first-order valence-electron chi connectivity index (χ1n) is 8.43. The number of carbonyl (C=O) groups excluding carboxylic acids is 1. The Morgan fingerprint density at radius 1 is 1.24 bits per heavy atom. The van der Waals surface area contributed by atoms with E-state index in [-0.39, 0.29) is 42.4 Å². The van der Waals surface area contributed by atoms with Gasteiger partial charge < -0.3 is 15.2 Å². The Kier molecular flexibility index (Phi) is 11.1. The number of rotatable bonds is 6. The van der Waals surface area contributed by atoms with Crippen LogP contribution in [-0.2, 0) is 4.79 Å². The van der Waals surface area contributed by atoms with Crippen molar-refractivity contribution in [3.63, 3.8) is 0 Å². The number of carbonyl (C=O) groups is 1. The van der Waals surface area contributed by atoms with Crippen LogP contribution in [0.25, 0.3) is 0 Å². The zero-order valence-corrected chi connectivity index (χ0v) is 16.8. The quantitative estimate of drug-likeness (QED) is 0.572. The molecule has 0 spiro atoms. The van der Waals surface area contributed by atoms with Gasteiger partial charge in [0.2, 0.25) is 0 Å². The van der Waals surface area contributed by atoms with Crippen molar-refractivity contribution in [3.8, 4) is 11.5 Å². The third kappa shape index (κ3) is 7.40. The second-order valence-corrected chi connectivity index (χ2v) is 6.59. The van der Waals surface area contributed by atoms with E-state index >= 15 is 0 Å². The highest BCUT2D eigenvalue weighted by Gasteiger charge is 2.23. The Hall–Kier alpha value is -1.01. The number of phenolic OH excluding ortho intramolecular Hbond substituents is 1. The third-order valence-corrected chi connectivity index (χ3v) is 4.23. The molecule has 0 bridgehead atoms. The second-order valence-electron chi connectivity index (χ2n) is 6.59. The number of aromatic hydroxyl groups is 1. The minimum Gasteiger partial charge on any atom is -0.504 e. The Bertz CT molecular complexity index is 535. The highest BCUT2D eigenvalue weighted by molar-refractivity contribution is 5.85. The molecule has 1 aromatic rings. The molecule has 0 aliphatic carbocycles. The topological polar surface area (TPSA) is 61.8 Å². The Morgan fingerprint density at radius 3 is 2.40 bits per heavy atom. The van der Waals surface area contributed by atoms with Crippen LogP contribution >= 0.6 is 24.8 Å². The van der Waals surface area contributed by atoms with Crippen LogP contribution in [0.3, 0.4) is 0 Å². The maximum absolute atomic E-state index is 11.1. The fraction of sp³-hybridized carbons (Fsp3) is 0.611. The van der Waals surface area contributed by atoms with Gasteiger partial charge in [-0.3, -0.25) is 9.69 Å². The molecule has 25 heavy (non-hydrogen) atoms. The van der Waals surface area contributed by atoms with Gasteiger partial charge in [0.05, 0.1) is 0 Å². The summed E-state index contributed by atoms with van der Waals surface area (Å²) in [6, 6.07) is 5.68. The monoisotopic (exact) mass is 392 g/mol. The molecule has 2 rings (SSSR count). The van der Waals surface area contributed by atoms with Gasteiger partial charge in [0.15, 0.2) is 11.5 Å². The smallest absolute Gasteiger partial charge is 0.308 e.